The minimum Gasteiger partial charge on any atom is -0.494 e. The van der Waals surface area contributed by atoms with Gasteiger partial charge >= 0.3 is 0 Å². The van der Waals surface area contributed by atoms with E-state index in [0.717, 1.165) is 31.9 Å². The van der Waals surface area contributed by atoms with Crippen molar-refractivity contribution in [1.82, 2.24) is 14.5 Å². The summed E-state index contributed by atoms with van der Waals surface area (Å²) in [4.78, 5) is 6.70. The summed E-state index contributed by atoms with van der Waals surface area (Å²) in [7, 11) is 1.89. The summed E-state index contributed by atoms with van der Waals surface area (Å²) in [6, 6.07) is 8.62. The molecule has 1 saturated heterocycles. The van der Waals surface area contributed by atoms with Crippen LogP contribution in [0.5, 0.6) is 5.75 Å². The molecule has 1 aliphatic carbocycles. The topological polar surface area (TPSA) is 39.5 Å². The fourth-order valence-corrected chi connectivity index (χ4v) is 5.18. The number of hydrogen-bond acceptors (Lipinski definition) is 4. The van der Waals surface area contributed by atoms with E-state index >= 15 is 0 Å². The van der Waals surface area contributed by atoms with E-state index in [1.807, 2.05) is 25.8 Å². The van der Waals surface area contributed by atoms with E-state index < -0.39 is 0 Å². The number of hydrogen-bond donors (Lipinski definition) is 0. The number of benzene rings is 1. The molecule has 1 aliphatic heterocycles. The molecule has 0 N–H and O–H groups in total. The van der Waals surface area contributed by atoms with Gasteiger partial charge < -0.3 is 14.0 Å². The number of piperidine rings is 1. The van der Waals surface area contributed by atoms with E-state index in [1.54, 1.807) is 0 Å². The number of ether oxygens (including phenoxy) is 2. The first kappa shape index (κ1) is 19.5. The van der Waals surface area contributed by atoms with Gasteiger partial charge in [-0.1, -0.05) is 18.6 Å². The van der Waals surface area contributed by atoms with Crippen LogP contribution in [0.1, 0.15) is 44.1 Å². The number of methoxy groups -OCH3 is 1. The van der Waals surface area contributed by atoms with E-state index in [2.05, 4.69) is 38.7 Å². The molecule has 5 heteroatoms. The van der Waals surface area contributed by atoms with Crippen molar-refractivity contribution < 1.29 is 9.47 Å². The quantitative estimate of drug-likeness (QED) is 0.643. The Kier molecular flexibility index (Phi) is 6.33. The van der Waals surface area contributed by atoms with Crippen LogP contribution in [0.4, 0.5) is 0 Å². The number of rotatable bonds is 8. The fourth-order valence-electron chi connectivity index (χ4n) is 5.18. The van der Waals surface area contributed by atoms with Gasteiger partial charge in [0, 0.05) is 44.6 Å². The summed E-state index contributed by atoms with van der Waals surface area (Å²) in [5, 5.41) is 0. The molecular formula is C23H33N3O2. The number of aryl methyl sites for hydroxylation is 1. The van der Waals surface area contributed by atoms with Crippen LogP contribution >= 0.6 is 0 Å². The zero-order valence-electron chi connectivity index (χ0n) is 17.1. The van der Waals surface area contributed by atoms with Crippen molar-refractivity contribution in [1.29, 1.82) is 0 Å². The minimum atomic E-state index is 0.383. The van der Waals surface area contributed by atoms with Gasteiger partial charge in [-0.25, -0.2) is 4.98 Å². The standard InChI is InChI=1S/C23H33N3O2/c1-27-22-8-3-9-23(22)10-4-12-26(18-23)17-20-6-2-7-21(16-20)28-15-5-13-25-14-11-24-19-25/h2,6-7,11,14,16,19,22H,3-5,8-10,12-13,15,17-18H2,1H3/t22-,23-/m1/s1. The highest BCUT2D eigenvalue weighted by Crippen LogP contribution is 2.46. The lowest BCUT2D eigenvalue weighted by atomic mass is 9.76. The van der Waals surface area contributed by atoms with Crippen molar-refractivity contribution in [3.8, 4) is 5.75 Å². The molecule has 2 heterocycles. The number of likely N-dealkylation sites (tertiary alicyclic amines) is 1. The number of aromatic nitrogens is 2. The summed E-state index contributed by atoms with van der Waals surface area (Å²) < 4.78 is 13.9. The molecule has 0 amide bonds. The molecule has 0 radical (unpaired) electrons. The molecule has 2 aromatic rings. The van der Waals surface area contributed by atoms with Gasteiger partial charge in [-0.3, -0.25) is 4.90 Å². The molecule has 4 rings (SSSR count). The molecule has 1 saturated carbocycles. The lowest BCUT2D eigenvalue weighted by molar-refractivity contribution is -0.0366. The van der Waals surface area contributed by atoms with Gasteiger partial charge in [0.1, 0.15) is 5.75 Å². The Morgan fingerprint density at radius 1 is 1.25 bits per heavy atom. The Labute approximate surface area is 168 Å². The maximum atomic E-state index is 5.99. The van der Waals surface area contributed by atoms with Crippen molar-refractivity contribution in [2.45, 2.75) is 57.7 Å². The SMILES string of the molecule is CO[C@@H]1CCC[C@]12CCCN(Cc1cccc(OCCCn3ccnc3)c1)C2. The molecule has 1 aromatic heterocycles. The van der Waals surface area contributed by atoms with Crippen LogP contribution in [0.2, 0.25) is 0 Å². The molecular weight excluding hydrogens is 350 g/mol. The monoisotopic (exact) mass is 383 g/mol. The molecule has 2 fully saturated rings. The summed E-state index contributed by atoms with van der Waals surface area (Å²) in [6.45, 7) is 5.03. The van der Waals surface area contributed by atoms with E-state index in [4.69, 9.17) is 9.47 Å². The molecule has 28 heavy (non-hydrogen) atoms. The molecule has 1 aromatic carbocycles. The third-order valence-corrected chi connectivity index (χ3v) is 6.49. The molecule has 2 aliphatic rings. The Bertz CT molecular complexity index is 733. The van der Waals surface area contributed by atoms with Crippen LogP contribution in [0.15, 0.2) is 43.0 Å². The zero-order valence-corrected chi connectivity index (χ0v) is 17.1. The fraction of sp³-hybridized carbons (Fsp3) is 0.609. The highest BCUT2D eigenvalue weighted by atomic mass is 16.5. The lowest BCUT2D eigenvalue weighted by Gasteiger charge is -2.43. The summed E-state index contributed by atoms with van der Waals surface area (Å²) >= 11 is 0. The normalized spacial score (nSPS) is 25.4. The molecule has 0 unspecified atom stereocenters. The van der Waals surface area contributed by atoms with Crippen LogP contribution in [0.3, 0.4) is 0 Å². The van der Waals surface area contributed by atoms with Gasteiger partial charge in [0.2, 0.25) is 0 Å². The van der Waals surface area contributed by atoms with Gasteiger partial charge in [0.25, 0.3) is 0 Å². The van der Waals surface area contributed by atoms with Gasteiger partial charge in [0.05, 0.1) is 19.0 Å². The highest BCUT2D eigenvalue weighted by Gasteiger charge is 2.45. The Hall–Kier alpha value is -1.85. The van der Waals surface area contributed by atoms with Crippen LogP contribution in [0, 0.1) is 5.41 Å². The maximum Gasteiger partial charge on any atom is 0.119 e. The molecule has 2 atom stereocenters. The average molecular weight is 384 g/mol. The molecule has 5 nitrogen and oxygen atoms in total. The van der Waals surface area contributed by atoms with Crippen molar-refractivity contribution in [3.05, 3.63) is 48.5 Å². The summed E-state index contributed by atoms with van der Waals surface area (Å²) in [5.41, 5.74) is 1.73. The summed E-state index contributed by atoms with van der Waals surface area (Å²) in [6.07, 6.45) is 13.6. The van der Waals surface area contributed by atoms with Crippen molar-refractivity contribution in [2.24, 2.45) is 5.41 Å². The van der Waals surface area contributed by atoms with Crippen molar-refractivity contribution >= 4 is 0 Å². The van der Waals surface area contributed by atoms with E-state index in [1.165, 1.54) is 50.8 Å². The van der Waals surface area contributed by atoms with Crippen molar-refractivity contribution in [3.63, 3.8) is 0 Å². The molecule has 152 valence electrons. The Balaban J connectivity index is 1.29. The lowest BCUT2D eigenvalue weighted by Crippen LogP contribution is -2.47. The van der Waals surface area contributed by atoms with E-state index in [-0.39, 0.29) is 0 Å². The van der Waals surface area contributed by atoms with E-state index in [0.29, 0.717) is 11.5 Å². The predicted octanol–water partition coefficient (Wildman–Crippen LogP) is 4.13. The highest BCUT2D eigenvalue weighted by molar-refractivity contribution is 5.28. The van der Waals surface area contributed by atoms with Crippen LogP contribution in [-0.2, 0) is 17.8 Å². The largest absolute Gasteiger partial charge is 0.494 e. The number of imidazole rings is 1. The Morgan fingerprint density at radius 2 is 2.18 bits per heavy atom. The first-order chi connectivity index (χ1) is 13.8. The predicted molar refractivity (Wildman–Crippen MR) is 110 cm³/mol. The number of nitrogens with zero attached hydrogens (tertiary/aromatic N) is 3. The molecule has 1 spiro atoms. The maximum absolute atomic E-state index is 5.99. The zero-order chi connectivity index (χ0) is 19.2. The van der Waals surface area contributed by atoms with Crippen molar-refractivity contribution in [2.75, 3.05) is 26.8 Å². The van der Waals surface area contributed by atoms with Gasteiger partial charge in [-0.2, -0.15) is 0 Å². The first-order valence-corrected chi connectivity index (χ1v) is 10.7. The van der Waals surface area contributed by atoms with E-state index in [9.17, 15) is 0 Å². The van der Waals surface area contributed by atoms with Crippen LogP contribution < -0.4 is 4.74 Å². The average Bonchev–Trinajstić information content (AvgIpc) is 3.36. The summed E-state index contributed by atoms with van der Waals surface area (Å²) in [5.74, 6) is 0.977. The third kappa shape index (κ3) is 4.58. The first-order valence-electron chi connectivity index (χ1n) is 10.7. The van der Waals surface area contributed by atoms with Gasteiger partial charge in [0.15, 0.2) is 0 Å². The minimum absolute atomic E-state index is 0.383. The van der Waals surface area contributed by atoms with Crippen LogP contribution in [0.25, 0.3) is 0 Å². The van der Waals surface area contributed by atoms with Crippen LogP contribution in [-0.4, -0.2) is 47.4 Å². The van der Waals surface area contributed by atoms with Gasteiger partial charge in [-0.05, 0) is 56.3 Å². The van der Waals surface area contributed by atoms with Gasteiger partial charge in [-0.15, -0.1) is 0 Å². The Morgan fingerprint density at radius 3 is 3.04 bits per heavy atom. The second-order valence-electron chi connectivity index (χ2n) is 8.44. The smallest absolute Gasteiger partial charge is 0.119 e. The second kappa shape index (κ2) is 9.10. The second-order valence-corrected chi connectivity index (χ2v) is 8.44. The molecule has 0 bridgehead atoms. The third-order valence-electron chi connectivity index (χ3n) is 6.49.